The molecule has 0 bridgehead atoms. The van der Waals surface area contributed by atoms with Crippen LogP contribution in [0, 0.1) is 0 Å². The van der Waals surface area contributed by atoms with Crippen LogP contribution in [0.1, 0.15) is 28.9 Å². The molecule has 0 aliphatic rings. The molecule has 2 aromatic carbocycles. The van der Waals surface area contributed by atoms with Crippen molar-refractivity contribution >= 4 is 26.8 Å². The van der Waals surface area contributed by atoms with E-state index in [0.717, 1.165) is 16.6 Å². The number of hydrogen-bond acceptors (Lipinski definition) is 4. The number of aromatic nitrogens is 2. The molecule has 6 nitrogen and oxygen atoms in total. The number of benzene rings is 2. The number of carbonyl (C=O) groups excluding carboxylic acids is 1. The number of carbonyl (C=O) groups is 1. The van der Waals surface area contributed by atoms with E-state index in [-0.39, 0.29) is 16.8 Å². The van der Waals surface area contributed by atoms with Gasteiger partial charge >= 0.3 is 0 Å². The highest BCUT2D eigenvalue weighted by molar-refractivity contribution is 7.90. The van der Waals surface area contributed by atoms with Crippen molar-refractivity contribution in [1.82, 2.24) is 14.9 Å². The standard InChI is InChI=1S/C18H19N3O3S/c1-12(13-4-7-15(8-5-13)25(3,23)24)21(2)18(22)14-6-9-16-17(10-14)20-11-19-16/h4-12H,1-3H3,(H,19,20). The van der Waals surface area contributed by atoms with Gasteiger partial charge in [0.25, 0.3) is 5.91 Å². The summed E-state index contributed by atoms with van der Waals surface area (Å²) in [5, 5.41) is 0. The first-order valence-corrected chi connectivity index (χ1v) is 9.67. The molecule has 1 aromatic heterocycles. The van der Waals surface area contributed by atoms with Crippen LogP contribution in [0.2, 0.25) is 0 Å². The van der Waals surface area contributed by atoms with Crippen molar-refractivity contribution < 1.29 is 13.2 Å². The van der Waals surface area contributed by atoms with Gasteiger partial charge in [0.2, 0.25) is 0 Å². The summed E-state index contributed by atoms with van der Waals surface area (Å²) >= 11 is 0. The monoisotopic (exact) mass is 357 g/mol. The zero-order valence-corrected chi connectivity index (χ0v) is 15.0. The van der Waals surface area contributed by atoms with Crippen LogP contribution in [0.15, 0.2) is 53.7 Å². The second-order valence-corrected chi connectivity index (χ2v) is 8.08. The summed E-state index contributed by atoms with van der Waals surface area (Å²) in [6, 6.07) is 11.7. The van der Waals surface area contributed by atoms with Gasteiger partial charge in [-0.25, -0.2) is 13.4 Å². The maximum Gasteiger partial charge on any atom is 0.254 e. The molecule has 1 N–H and O–H groups in total. The SMILES string of the molecule is CC(c1ccc(S(C)(=O)=O)cc1)N(C)C(=O)c1ccc2nc[nH]c2c1. The average molecular weight is 357 g/mol. The normalized spacial score (nSPS) is 12.9. The number of amides is 1. The minimum Gasteiger partial charge on any atom is -0.345 e. The van der Waals surface area contributed by atoms with E-state index in [1.807, 2.05) is 6.92 Å². The lowest BCUT2D eigenvalue weighted by atomic mass is 10.1. The number of nitrogens with zero attached hydrogens (tertiary/aromatic N) is 2. The molecule has 7 heteroatoms. The molecule has 0 aliphatic heterocycles. The van der Waals surface area contributed by atoms with Crippen LogP contribution in [0.5, 0.6) is 0 Å². The summed E-state index contributed by atoms with van der Waals surface area (Å²) in [4.78, 5) is 21.8. The molecular weight excluding hydrogens is 338 g/mol. The van der Waals surface area contributed by atoms with Crippen LogP contribution >= 0.6 is 0 Å². The van der Waals surface area contributed by atoms with E-state index in [2.05, 4.69) is 9.97 Å². The Morgan fingerprint density at radius 1 is 1.16 bits per heavy atom. The van der Waals surface area contributed by atoms with E-state index >= 15 is 0 Å². The molecule has 3 aromatic rings. The second kappa shape index (κ2) is 6.33. The van der Waals surface area contributed by atoms with Gasteiger partial charge in [0.15, 0.2) is 9.84 Å². The Kier molecular flexibility index (Phi) is 4.34. The minimum absolute atomic E-state index is 0.115. The van der Waals surface area contributed by atoms with Gasteiger partial charge in [-0.15, -0.1) is 0 Å². The van der Waals surface area contributed by atoms with Crippen LogP contribution < -0.4 is 0 Å². The smallest absolute Gasteiger partial charge is 0.254 e. The third-order valence-electron chi connectivity index (χ3n) is 4.36. The maximum absolute atomic E-state index is 12.7. The summed E-state index contributed by atoms with van der Waals surface area (Å²) in [6.45, 7) is 1.90. The third kappa shape index (κ3) is 3.41. The predicted octanol–water partition coefficient (Wildman–Crippen LogP) is 2.80. The molecule has 1 unspecified atom stereocenters. The second-order valence-electron chi connectivity index (χ2n) is 6.07. The van der Waals surface area contributed by atoms with Crippen molar-refractivity contribution in [3.63, 3.8) is 0 Å². The van der Waals surface area contributed by atoms with Crippen LogP contribution in [-0.2, 0) is 9.84 Å². The number of sulfone groups is 1. The lowest BCUT2D eigenvalue weighted by Crippen LogP contribution is -2.29. The number of hydrogen-bond donors (Lipinski definition) is 1. The van der Waals surface area contributed by atoms with Gasteiger partial charge in [-0.3, -0.25) is 4.79 Å². The number of fused-ring (bicyclic) bond motifs is 1. The molecule has 0 spiro atoms. The fourth-order valence-electron chi connectivity index (χ4n) is 2.67. The highest BCUT2D eigenvalue weighted by Crippen LogP contribution is 2.23. The van der Waals surface area contributed by atoms with E-state index in [1.165, 1.54) is 6.26 Å². The molecule has 1 atom stereocenters. The largest absolute Gasteiger partial charge is 0.345 e. The summed E-state index contributed by atoms with van der Waals surface area (Å²) < 4.78 is 23.1. The Bertz CT molecular complexity index is 1020. The predicted molar refractivity (Wildman–Crippen MR) is 96.2 cm³/mol. The lowest BCUT2D eigenvalue weighted by molar-refractivity contribution is 0.0742. The molecule has 25 heavy (non-hydrogen) atoms. The van der Waals surface area contributed by atoms with E-state index < -0.39 is 9.84 Å². The summed E-state index contributed by atoms with van der Waals surface area (Å²) in [7, 11) is -1.50. The van der Waals surface area contributed by atoms with Gasteiger partial charge in [-0.1, -0.05) is 12.1 Å². The Labute approximate surface area is 146 Å². The first kappa shape index (κ1) is 17.2. The number of rotatable bonds is 4. The minimum atomic E-state index is -3.23. The lowest BCUT2D eigenvalue weighted by Gasteiger charge is -2.25. The summed E-state index contributed by atoms with van der Waals surface area (Å²) in [5.41, 5.74) is 3.05. The Hall–Kier alpha value is -2.67. The van der Waals surface area contributed by atoms with Crippen LogP contribution in [0.4, 0.5) is 0 Å². The van der Waals surface area contributed by atoms with Gasteiger partial charge < -0.3 is 9.88 Å². The Morgan fingerprint density at radius 2 is 1.84 bits per heavy atom. The van der Waals surface area contributed by atoms with Gasteiger partial charge in [-0.05, 0) is 42.8 Å². The van der Waals surface area contributed by atoms with Crippen molar-refractivity contribution in [1.29, 1.82) is 0 Å². The van der Waals surface area contributed by atoms with Crippen molar-refractivity contribution in [3.8, 4) is 0 Å². The number of aromatic amines is 1. The zero-order valence-electron chi connectivity index (χ0n) is 14.2. The Balaban J connectivity index is 1.83. The molecule has 0 saturated carbocycles. The molecule has 0 radical (unpaired) electrons. The average Bonchev–Trinajstić information content (AvgIpc) is 3.06. The van der Waals surface area contributed by atoms with Crippen molar-refractivity contribution in [2.75, 3.05) is 13.3 Å². The van der Waals surface area contributed by atoms with Gasteiger partial charge in [0.1, 0.15) is 0 Å². The van der Waals surface area contributed by atoms with Crippen LogP contribution in [-0.4, -0.2) is 42.5 Å². The molecule has 0 saturated heterocycles. The van der Waals surface area contributed by atoms with Gasteiger partial charge in [0, 0.05) is 18.9 Å². The first-order chi connectivity index (χ1) is 11.8. The van der Waals surface area contributed by atoms with Crippen LogP contribution in [0.3, 0.4) is 0 Å². The van der Waals surface area contributed by atoms with Gasteiger partial charge in [0.05, 0.1) is 28.3 Å². The zero-order chi connectivity index (χ0) is 18.2. The number of H-pyrrole nitrogens is 1. The fraction of sp³-hybridized carbons (Fsp3) is 0.222. The quantitative estimate of drug-likeness (QED) is 0.778. The highest BCUT2D eigenvalue weighted by Gasteiger charge is 2.20. The van der Waals surface area contributed by atoms with E-state index in [1.54, 1.807) is 60.7 Å². The first-order valence-electron chi connectivity index (χ1n) is 7.77. The Morgan fingerprint density at radius 3 is 2.48 bits per heavy atom. The molecule has 1 amide bonds. The fourth-order valence-corrected chi connectivity index (χ4v) is 3.30. The third-order valence-corrected chi connectivity index (χ3v) is 5.49. The van der Waals surface area contributed by atoms with Crippen molar-refractivity contribution in [3.05, 3.63) is 59.9 Å². The molecule has 130 valence electrons. The molecule has 0 fully saturated rings. The van der Waals surface area contributed by atoms with E-state index in [0.29, 0.717) is 5.56 Å². The number of imidazole rings is 1. The molecule has 0 aliphatic carbocycles. The maximum atomic E-state index is 12.7. The molecule has 1 heterocycles. The topological polar surface area (TPSA) is 83.1 Å². The molecule has 3 rings (SSSR count). The highest BCUT2D eigenvalue weighted by atomic mass is 32.2. The molecular formula is C18H19N3O3S. The summed E-state index contributed by atoms with van der Waals surface area (Å²) in [6.07, 6.45) is 2.77. The van der Waals surface area contributed by atoms with Crippen molar-refractivity contribution in [2.45, 2.75) is 17.9 Å². The summed E-state index contributed by atoms with van der Waals surface area (Å²) in [5.74, 6) is -0.115. The van der Waals surface area contributed by atoms with E-state index in [4.69, 9.17) is 0 Å². The number of nitrogens with one attached hydrogen (secondary N) is 1. The van der Waals surface area contributed by atoms with E-state index in [9.17, 15) is 13.2 Å². The van der Waals surface area contributed by atoms with Crippen LogP contribution in [0.25, 0.3) is 11.0 Å². The van der Waals surface area contributed by atoms with Gasteiger partial charge in [-0.2, -0.15) is 0 Å². The van der Waals surface area contributed by atoms with Crippen molar-refractivity contribution in [2.24, 2.45) is 0 Å².